The molecule has 1 amide bonds. The Morgan fingerprint density at radius 3 is 2.64 bits per heavy atom. The van der Waals surface area contributed by atoms with Crippen molar-refractivity contribution >= 4 is 5.91 Å². The van der Waals surface area contributed by atoms with Gasteiger partial charge in [0.1, 0.15) is 5.75 Å². The molecule has 0 spiro atoms. The van der Waals surface area contributed by atoms with Gasteiger partial charge in [-0.05, 0) is 31.5 Å². The summed E-state index contributed by atoms with van der Waals surface area (Å²) in [6, 6.07) is 7.74. The summed E-state index contributed by atoms with van der Waals surface area (Å²) in [7, 11) is 1.64. The monoisotopic (exact) mass is 302 g/mol. The Hall–Kier alpha value is -2.34. The Kier molecular flexibility index (Phi) is 4.82. The van der Waals surface area contributed by atoms with E-state index in [1.807, 2.05) is 38.1 Å². The fraction of sp³-hybridized carbons (Fsp3) is 0.375. The number of ether oxygens (including phenoxy) is 1. The molecule has 6 heteroatoms. The number of amides is 1. The van der Waals surface area contributed by atoms with E-state index in [0.717, 1.165) is 11.3 Å². The normalized spacial score (nSPS) is 11.3. The molecule has 2 aromatic rings. The minimum Gasteiger partial charge on any atom is -0.497 e. The first kappa shape index (κ1) is 16.0. The number of hydrogen-bond donors (Lipinski definition) is 2. The first-order chi connectivity index (χ1) is 10.4. The molecule has 0 aliphatic carbocycles. The van der Waals surface area contributed by atoms with Gasteiger partial charge in [0, 0.05) is 18.3 Å². The van der Waals surface area contributed by atoms with Gasteiger partial charge in [-0.25, -0.2) is 0 Å². The Morgan fingerprint density at radius 2 is 2.05 bits per heavy atom. The van der Waals surface area contributed by atoms with E-state index in [2.05, 4.69) is 10.4 Å². The zero-order valence-corrected chi connectivity index (χ0v) is 13.2. The predicted octanol–water partition coefficient (Wildman–Crippen LogP) is 1.41. The summed E-state index contributed by atoms with van der Waals surface area (Å²) in [5.41, 5.74) is 6.79. The van der Waals surface area contributed by atoms with E-state index >= 15 is 0 Å². The molecule has 1 heterocycles. The summed E-state index contributed by atoms with van der Waals surface area (Å²) >= 11 is 0. The molecule has 0 unspecified atom stereocenters. The number of carbonyl (C=O) groups is 1. The zero-order chi connectivity index (χ0) is 16.2. The van der Waals surface area contributed by atoms with Crippen LogP contribution in [0.2, 0.25) is 0 Å². The second-order valence-corrected chi connectivity index (χ2v) is 5.82. The van der Waals surface area contributed by atoms with Crippen LogP contribution in [0.4, 0.5) is 0 Å². The lowest BCUT2D eigenvalue weighted by atomic mass is 10.1. The van der Waals surface area contributed by atoms with Gasteiger partial charge in [0.2, 0.25) is 0 Å². The lowest BCUT2D eigenvalue weighted by Crippen LogP contribution is -2.48. The van der Waals surface area contributed by atoms with Crippen molar-refractivity contribution in [2.45, 2.75) is 25.9 Å². The van der Waals surface area contributed by atoms with E-state index in [0.29, 0.717) is 18.7 Å². The highest BCUT2D eigenvalue weighted by atomic mass is 16.5. The van der Waals surface area contributed by atoms with Crippen molar-refractivity contribution in [2.75, 3.05) is 13.7 Å². The van der Waals surface area contributed by atoms with E-state index in [9.17, 15) is 4.79 Å². The molecular weight excluding hydrogens is 280 g/mol. The lowest BCUT2D eigenvalue weighted by molar-refractivity contribution is 0.0915. The van der Waals surface area contributed by atoms with Gasteiger partial charge < -0.3 is 15.8 Å². The van der Waals surface area contributed by atoms with Crippen molar-refractivity contribution in [1.82, 2.24) is 15.1 Å². The van der Waals surface area contributed by atoms with Gasteiger partial charge in [-0.2, -0.15) is 5.10 Å². The Balaban J connectivity index is 2.03. The molecule has 3 N–H and O–H groups in total. The number of carbonyl (C=O) groups excluding carboxylic acids is 1. The fourth-order valence-electron chi connectivity index (χ4n) is 1.92. The predicted molar refractivity (Wildman–Crippen MR) is 84.9 cm³/mol. The van der Waals surface area contributed by atoms with Crippen LogP contribution >= 0.6 is 0 Å². The van der Waals surface area contributed by atoms with Gasteiger partial charge in [-0.15, -0.1) is 0 Å². The second kappa shape index (κ2) is 6.62. The Labute approximate surface area is 130 Å². The first-order valence-electron chi connectivity index (χ1n) is 7.11. The highest BCUT2D eigenvalue weighted by molar-refractivity contribution is 5.94. The molecule has 6 nitrogen and oxygen atoms in total. The van der Waals surface area contributed by atoms with Crippen LogP contribution in [0.5, 0.6) is 5.75 Å². The number of benzene rings is 1. The molecule has 2 rings (SSSR count). The third kappa shape index (κ3) is 4.08. The molecule has 0 saturated carbocycles. The summed E-state index contributed by atoms with van der Waals surface area (Å²) < 4.78 is 6.85. The summed E-state index contributed by atoms with van der Waals surface area (Å²) in [5.74, 6) is 0.643. The van der Waals surface area contributed by atoms with E-state index in [-0.39, 0.29) is 5.91 Å². The van der Waals surface area contributed by atoms with E-state index in [1.165, 1.54) is 0 Å². The van der Waals surface area contributed by atoms with Crippen molar-refractivity contribution in [2.24, 2.45) is 5.73 Å². The number of nitrogens with zero attached hydrogens (tertiary/aromatic N) is 2. The number of hydrogen-bond acceptors (Lipinski definition) is 4. The van der Waals surface area contributed by atoms with Gasteiger partial charge in [0.25, 0.3) is 5.91 Å². The van der Waals surface area contributed by atoms with Crippen LogP contribution in [0, 0.1) is 0 Å². The number of nitrogens with two attached hydrogens (primary N) is 1. The molecule has 0 bridgehead atoms. The number of aromatic nitrogens is 2. The first-order valence-corrected chi connectivity index (χ1v) is 7.11. The van der Waals surface area contributed by atoms with Gasteiger partial charge in [0.05, 0.1) is 25.4 Å². The highest BCUT2D eigenvalue weighted by Gasteiger charge is 2.20. The lowest BCUT2D eigenvalue weighted by Gasteiger charge is -2.23. The van der Waals surface area contributed by atoms with Crippen LogP contribution in [0.1, 0.15) is 29.8 Å². The molecule has 0 atom stereocenters. The summed E-state index contributed by atoms with van der Waals surface area (Å²) in [5, 5.41) is 7.11. The maximum atomic E-state index is 12.1. The van der Waals surface area contributed by atoms with Crippen LogP contribution in [0.15, 0.2) is 36.7 Å². The fourth-order valence-corrected chi connectivity index (χ4v) is 1.92. The van der Waals surface area contributed by atoms with Crippen LogP contribution < -0.4 is 15.8 Å². The minimum absolute atomic E-state index is 0.170. The molecule has 1 aromatic carbocycles. The number of methoxy groups -OCH3 is 1. The van der Waals surface area contributed by atoms with Gasteiger partial charge in [-0.1, -0.05) is 12.1 Å². The van der Waals surface area contributed by atoms with E-state index < -0.39 is 5.54 Å². The molecule has 0 aliphatic rings. The Morgan fingerprint density at radius 1 is 1.36 bits per heavy atom. The highest BCUT2D eigenvalue weighted by Crippen LogP contribution is 2.12. The largest absolute Gasteiger partial charge is 0.497 e. The molecule has 0 saturated heterocycles. The van der Waals surface area contributed by atoms with Crippen LogP contribution in [-0.4, -0.2) is 34.9 Å². The van der Waals surface area contributed by atoms with Crippen molar-refractivity contribution in [3.05, 3.63) is 47.8 Å². The van der Waals surface area contributed by atoms with Crippen molar-refractivity contribution < 1.29 is 9.53 Å². The average molecular weight is 302 g/mol. The summed E-state index contributed by atoms with van der Waals surface area (Å²) in [6.45, 7) is 4.73. The topological polar surface area (TPSA) is 82.2 Å². The molecule has 0 fully saturated rings. The van der Waals surface area contributed by atoms with Gasteiger partial charge >= 0.3 is 0 Å². The van der Waals surface area contributed by atoms with Gasteiger partial charge in [-0.3, -0.25) is 9.48 Å². The number of nitrogens with one attached hydrogen (secondary N) is 1. The van der Waals surface area contributed by atoms with Crippen LogP contribution in [0.25, 0.3) is 0 Å². The standard InChI is InChI=1S/C16H22N4O2/c1-16(2,11-17)19-15(21)13-8-18-20(10-13)9-12-4-6-14(22-3)7-5-12/h4-8,10H,9,11,17H2,1-3H3,(H,19,21). The molecule has 0 aliphatic heterocycles. The van der Waals surface area contributed by atoms with Crippen LogP contribution in [0.3, 0.4) is 0 Å². The minimum atomic E-state index is -0.435. The molecule has 0 radical (unpaired) electrons. The Bertz CT molecular complexity index is 632. The molecule has 22 heavy (non-hydrogen) atoms. The van der Waals surface area contributed by atoms with Crippen LogP contribution in [-0.2, 0) is 6.54 Å². The van der Waals surface area contributed by atoms with E-state index in [1.54, 1.807) is 24.2 Å². The zero-order valence-electron chi connectivity index (χ0n) is 13.2. The third-order valence-electron chi connectivity index (χ3n) is 3.36. The quantitative estimate of drug-likeness (QED) is 0.845. The number of rotatable bonds is 6. The van der Waals surface area contributed by atoms with E-state index in [4.69, 9.17) is 10.5 Å². The maximum Gasteiger partial charge on any atom is 0.254 e. The SMILES string of the molecule is COc1ccc(Cn2cc(C(=O)NC(C)(C)CN)cn2)cc1. The molecular formula is C16H22N4O2. The van der Waals surface area contributed by atoms with Gasteiger partial charge in [0.15, 0.2) is 0 Å². The van der Waals surface area contributed by atoms with Crippen molar-refractivity contribution in [1.29, 1.82) is 0 Å². The second-order valence-electron chi connectivity index (χ2n) is 5.82. The summed E-state index contributed by atoms with van der Waals surface area (Å²) in [4.78, 5) is 12.1. The summed E-state index contributed by atoms with van der Waals surface area (Å²) in [6.07, 6.45) is 3.29. The van der Waals surface area contributed by atoms with Crippen molar-refractivity contribution in [3.8, 4) is 5.75 Å². The molecule has 118 valence electrons. The maximum absolute atomic E-state index is 12.1. The smallest absolute Gasteiger partial charge is 0.254 e. The van der Waals surface area contributed by atoms with Crippen molar-refractivity contribution in [3.63, 3.8) is 0 Å². The average Bonchev–Trinajstić information content (AvgIpc) is 2.96. The molecule has 1 aromatic heterocycles. The third-order valence-corrected chi connectivity index (χ3v) is 3.36.